The molecule has 0 radical (unpaired) electrons. The lowest BCUT2D eigenvalue weighted by Gasteiger charge is -2.14. The molecule has 0 saturated heterocycles. The maximum absolute atomic E-state index is 11.9. The topological polar surface area (TPSA) is 116 Å². The van der Waals surface area contributed by atoms with Crippen molar-refractivity contribution in [1.82, 2.24) is 19.6 Å². The molecule has 0 aliphatic rings. The molecule has 21 heavy (non-hydrogen) atoms. The summed E-state index contributed by atoms with van der Waals surface area (Å²) in [4.78, 5) is 42.8. The Hall–Kier alpha value is -2.97. The summed E-state index contributed by atoms with van der Waals surface area (Å²) in [6, 6.07) is 1.06. The first-order valence-electron chi connectivity index (χ1n) is 5.99. The summed E-state index contributed by atoms with van der Waals surface area (Å²) in [5.74, 6) is -1.63. The van der Waals surface area contributed by atoms with Gasteiger partial charge in [-0.3, -0.25) is 9.89 Å². The van der Waals surface area contributed by atoms with E-state index in [1.807, 2.05) is 0 Å². The van der Waals surface area contributed by atoms with Crippen LogP contribution < -0.4 is 5.56 Å². The molecule has 0 amide bonds. The molecule has 110 valence electrons. The van der Waals surface area contributed by atoms with E-state index in [0.717, 1.165) is 16.7 Å². The molecule has 1 unspecified atom stereocenters. The zero-order valence-corrected chi connectivity index (χ0v) is 11.1. The molecule has 2 heterocycles. The highest BCUT2D eigenvalue weighted by Gasteiger charge is 2.28. The molecule has 2 aromatic rings. The molecule has 9 nitrogen and oxygen atoms in total. The van der Waals surface area contributed by atoms with Crippen molar-refractivity contribution in [3.05, 3.63) is 41.1 Å². The van der Waals surface area contributed by atoms with Crippen molar-refractivity contribution >= 4 is 17.7 Å². The zero-order chi connectivity index (χ0) is 15.4. The minimum atomic E-state index is -1.45. The Kier molecular flexibility index (Phi) is 4.12. The van der Waals surface area contributed by atoms with Gasteiger partial charge in [-0.1, -0.05) is 6.58 Å². The lowest BCUT2D eigenvalue weighted by molar-refractivity contribution is -0.165. The molecule has 0 fully saturated rings. The molecule has 0 aliphatic carbocycles. The van der Waals surface area contributed by atoms with Crippen LogP contribution in [-0.4, -0.2) is 38.1 Å². The van der Waals surface area contributed by atoms with Crippen LogP contribution in [0.5, 0.6) is 0 Å². The lowest BCUT2D eigenvalue weighted by atomic mass is 10.2. The fourth-order valence-corrected chi connectivity index (χ4v) is 1.59. The van der Waals surface area contributed by atoms with Gasteiger partial charge in [0, 0.05) is 12.1 Å². The van der Waals surface area contributed by atoms with E-state index < -0.39 is 23.6 Å². The molecule has 0 bridgehead atoms. The molecule has 9 heteroatoms. The number of nitrogens with zero attached hydrogens (tertiary/aromatic N) is 3. The van der Waals surface area contributed by atoms with E-state index in [4.69, 9.17) is 9.47 Å². The Morgan fingerprint density at radius 3 is 3.00 bits per heavy atom. The number of hydrogen-bond acceptors (Lipinski definition) is 7. The molecule has 1 N–H and O–H groups in total. The van der Waals surface area contributed by atoms with Crippen LogP contribution in [0.15, 0.2) is 29.8 Å². The molecule has 0 aliphatic heterocycles. The highest BCUT2D eigenvalue weighted by molar-refractivity contribution is 5.85. The number of carbonyl (C=O) groups is 2. The Morgan fingerprint density at radius 1 is 1.57 bits per heavy atom. The third-order valence-electron chi connectivity index (χ3n) is 2.46. The van der Waals surface area contributed by atoms with Gasteiger partial charge in [-0.05, 0) is 6.92 Å². The maximum atomic E-state index is 11.9. The monoisotopic (exact) mass is 292 g/mol. The van der Waals surface area contributed by atoms with E-state index in [-0.39, 0.29) is 18.1 Å². The second-order valence-electron chi connectivity index (χ2n) is 3.82. The molecule has 0 saturated carbocycles. The molecule has 2 rings (SSSR count). The summed E-state index contributed by atoms with van der Waals surface area (Å²) < 4.78 is 10.8. The third-order valence-corrected chi connectivity index (χ3v) is 2.46. The van der Waals surface area contributed by atoms with E-state index in [1.54, 1.807) is 6.92 Å². The molecule has 1 atom stereocenters. The quantitative estimate of drug-likeness (QED) is 0.596. The maximum Gasteiger partial charge on any atom is 0.353 e. The minimum Gasteiger partial charge on any atom is -0.463 e. The summed E-state index contributed by atoms with van der Waals surface area (Å²) in [6.45, 7) is 4.93. The number of carbonyl (C=O) groups excluding carboxylic acids is 2. The predicted octanol–water partition coefficient (Wildman–Crippen LogP) is -0.249. The number of ether oxygens (including phenoxy) is 2. The van der Waals surface area contributed by atoms with Gasteiger partial charge in [0.05, 0.1) is 6.61 Å². The van der Waals surface area contributed by atoms with Gasteiger partial charge in [-0.25, -0.2) is 19.6 Å². The van der Waals surface area contributed by atoms with Gasteiger partial charge in [0.15, 0.2) is 0 Å². The normalized spacial score (nSPS) is 11.9. The van der Waals surface area contributed by atoms with Gasteiger partial charge in [-0.15, -0.1) is 0 Å². The summed E-state index contributed by atoms with van der Waals surface area (Å²) in [6.07, 6.45) is 0.708. The zero-order valence-electron chi connectivity index (χ0n) is 11.1. The number of aromatic amines is 1. The largest absolute Gasteiger partial charge is 0.463 e. The van der Waals surface area contributed by atoms with Gasteiger partial charge >= 0.3 is 11.9 Å². The van der Waals surface area contributed by atoms with Crippen molar-refractivity contribution in [2.75, 3.05) is 6.61 Å². The standard InChI is InChI=1S/C12H12N4O5/c1-3-9(18)21-10(11(19)20-4-2)7-5-8(17)16-12(15-7)13-6-14-16/h3,5-6,10H,1,4H2,2H3,(H,13,14,15). The van der Waals surface area contributed by atoms with E-state index in [0.29, 0.717) is 0 Å². The average molecular weight is 292 g/mol. The Labute approximate surface area is 118 Å². The smallest absolute Gasteiger partial charge is 0.353 e. The first-order valence-corrected chi connectivity index (χ1v) is 5.99. The molecular weight excluding hydrogens is 280 g/mol. The van der Waals surface area contributed by atoms with Crippen LogP contribution in [0.2, 0.25) is 0 Å². The lowest BCUT2D eigenvalue weighted by Crippen LogP contribution is -2.25. The van der Waals surface area contributed by atoms with Gasteiger partial charge in [0.2, 0.25) is 6.10 Å². The fraction of sp³-hybridized carbons (Fsp3) is 0.250. The molecular formula is C12H12N4O5. The summed E-state index contributed by atoms with van der Waals surface area (Å²) >= 11 is 0. The van der Waals surface area contributed by atoms with Crippen LogP contribution in [0, 0.1) is 0 Å². The van der Waals surface area contributed by atoms with Crippen LogP contribution in [0.1, 0.15) is 18.7 Å². The van der Waals surface area contributed by atoms with Crippen LogP contribution in [-0.2, 0) is 19.1 Å². The van der Waals surface area contributed by atoms with Gasteiger partial charge in [0.1, 0.15) is 12.0 Å². The number of fused-ring (bicyclic) bond motifs is 1. The number of nitrogens with one attached hydrogen (secondary N) is 1. The third kappa shape index (κ3) is 2.96. The van der Waals surface area contributed by atoms with Gasteiger partial charge in [0.25, 0.3) is 11.3 Å². The first-order chi connectivity index (χ1) is 10.1. The summed E-state index contributed by atoms with van der Waals surface area (Å²) in [5.41, 5.74) is -0.572. The van der Waals surface area contributed by atoms with E-state index in [9.17, 15) is 14.4 Å². The molecule has 0 spiro atoms. The SMILES string of the molecule is C=CC(=O)OC(C(=O)OCC)c1cc(=O)n2[nH]cnc2n1. The summed E-state index contributed by atoms with van der Waals surface area (Å²) in [5, 5.41) is 2.55. The molecule has 2 aromatic heterocycles. The Morgan fingerprint density at radius 2 is 2.33 bits per heavy atom. The summed E-state index contributed by atoms with van der Waals surface area (Å²) in [7, 11) is 0. The highest BCUT2D eigenvalue weighted by Crippen LogP contribution is 2.17. The number of hydrogen-bond donors (Lipinski definition) is 1. The number of esters is 2. The average Bonchev–Trinajstić information content (AvgIpc) is 2.93. The number of H-pyrrole nitrogens is 1. The minimum absolute atomic E-state index is 0.0430. The van der Waals surface area contributed by atoms with Crippen molar-refractivity contribution in [2.45, 2.75) is 13.0 Å². The predicted molar refractivity (Wildman–Crippen MR) is 69.3 cm³/mol. The molecule has 0 aromatic carbocycles. The fourth-order valence-electron chi connectivity index (χ4n) is 1.59. The first kappa shape index (κ1) is 14.4. The van der Waals surface area contributed by atoms with Crippen LogP contribution in [0.25, 0.3) is 5.78 Å². The van der Waals surface area contributed by atoms with E-state index in [1.165, 1.54) is 6.33 Å². The highest BCUT2D eigenvalue weighted by atomic mass is 16.6. The van der Waals surface area contributed by atoms with Crippen LogP contribution in [0.3, 0.4) is 0 Å². The number of rotatable bonds is 5. The second-order valence-corrected chi connectivity index (χ2v) is 3.82. The van der Waals surface area contributed by atoms with Crippen LogP contribution in [0.4, 0.5) is 0 Å². The van der Waals surface area contributed by atoms with Crippen LogP contribution >= 0.6 is 0 Å². The van der Waals surface area contributed by atoms with Gasteiger partial charge < -0.3 is 9.47 Å². The van der Waals surface area contributed by atoms with Gasteiger partial charge in [-0.2, -0.15) is 4.52 Å². The van der Waals surface area contributed by atoms with Crippen molar-refractivity contribution < 1.29 is 19.1 Å². The van der Waals surface area contributed by atoms with Crippen molar-refractivity contribution in [2.24, 2.45) is 0 Å². The number of aromatic nitrogens is 4. The Balaban J connectivity index is 2.46. The van der Waals surface area contributed by atoms with Crippen molar-refractivity contribution in [3.8, 4) is 0 Å². The van der Waals surface area contributed by atoms with E-state index >= 15 is 0 Å². The Bertz CT molecular complexity index is 747. The second kappa shape index (κ2) is 5.99. The van der Waals surface area contributed by atoms with E-state index in [2.05, 4.69) is 21.6 Å². The van der Waals surface area contributed by atoms with Crippen molar-refractivity contribution in [1.29, 1.82) is 0 Å². The van der Waals surface area contributed by atoms with Crippen molar-refractivity contribution in [3.63, 3.8) is 0 Å².